The van der Waals surface area contributed by atoms with Gasteiger partial charge in [0.1, 0.15) is 6.10 Å². The minimum absolute atomic E-state index is 0.165. The summed E-state index contributed by atoms with van der Waals surface area (Å²) >= 11 is 0. The zero-order chi connectivity index (χ0) is 17.1. The average Bonchev–Trinajstić information content (AvgIpc) is 3.03. The number of amides is 1. The largest absolute Gasteiger partial charge is 0.364 e. The lowest BCUT2D eigenvalue weighted by Crippen LogP contribution is -2.45. The van der Waals surface area contributed by atoms with Crippen LogP contribution in [0.15, 0.2) is 0 Å². The van der Waals surface area contributed by atoms with Crippen molar-refractivity contribution in [3.63, 3.8) is 0 Å². The zero-order valence-electron chi connectivity index (χ0n) is 15.9. The monoisotopic (exact) mass is 336 g/mol. The first kappa shape index (κ1) is 18.2. The normalized spacial score (nSPS) is 32.3. The van der Waals surface area contributed by atoms with Crippen LogP contribution in [0.5, 0.6) is 0 Å². The van der Waals surface area contributed by atoms with Gasteiger partial charge in [-0.1, -0.05) is 33.6 Å². The van der Waals surface area contributed by atoms with E-state index in [-0.39, 0.29) is 18.1 Å². The summed E-state index contributed by atoms with van der Waals surface area (Å²) in [5.74, 6) is 2.43. The van der Waals surface area contributed by atoms with Crippen molar-refractivity contribution in [2.45, 2.75) is 71.5 Å². The van der Waals surface area contributed by atoms with Crippen LogP contribution in [0.4, 0.5) is 0 Å². The maximum absolute atomic E-state index is 12.8. The predicted molar refractivity (Wildman–Crippen MR) is 96.9 cm³/mol. The van der Waals surface area contributed by atoms with E-state index in [4.69, 9.17) is 4.74 Å². The number of hydrogen-bond donors (Lipinski definition) is 0. The Morgan fingerprint density at radius 2 is 1.83 bits per heavy atom. The Hall–Kier alpha value is -0.610. The quantitative estimate of drug-likeness (QED) is 0.773. The summed E-state index contributed by atoms with van der Waals surface area (Å²) in [6.45, 7) is 12.1. The van der Waals surface area contributed by atoms with E-state index in [1.165, 1.54) is 32.4 Å². The lowest BCUT2D eigenvalue weighted by atomic mass is 9.90. The molecule has 3 aliphatic rings. The van der Waals surface area contributed by atoms with E-state index < -0.39 is 0 Å². The molecule has 3 atom stereocenters. The van der Waals surface area contributed by atoms with E-state index in [0.717, 1.165) is 50.7 Å². The first-order valence-corrected chi connectivity index (χ1v) is 10.3. The standard InChI is InChI=1S/C20H36N2O2/c1-4-16(5-2)13-21-9-8-17-12-18(24-19(17)14-21)20(23)22-10-6-15(3)7-11-22/h15-19H,4-14H2,1-3H3/t17-,18+,19+/m0/s1. The number of rotatable bonds is 5. The molecule has 0 saturated carbocycles. The number of ether oxygens (including phenoxy) is 1. The SMILES string of the molecule is CCC(CC)CN1CC[C@H]2C[C@H](C(=O)N3CCC(C)CC3)O[C@@H]2C1. The molecule has 138 valence electrons. The molecule has 0 aromatic heterocycles. The smallest absolute Gasteiger partial charge is 0.251 e. The number of likely N-dealkylation sites (tertiary alicyclic amines) is 2. The van der Waals surface area contributed by atoms with Gasteiger partial charge >= 0.3 is 0 Å². The van der Waals surface area contributed by atoms with E-state index in [1.807, 2.05) is 0 Å². The van der Waals surface area contributed by atoms with E-state index in [9.17, 15) is 4.79 Å². The molecule has 4 heteroatoms. The van der Waals surface area contributed by atoms with Gasteiger partial charge in [-0.15, -0.1) is 0 Å². The summed E-state index contributed by atoms with van der Waals surface area (Å²) in [5.41, 5.74) is 0. The van der Waals surface area contributed by atoms with Crippen molar-refractivity contribution in [1.82, 2.24) is 9.80 Å². The average molecular weight is 337 g/mol. The first-order valence-electron chi connectivity index (χ1n) is 10.3. The fourth-order valence-corrected chi connectivity index (χ4v) is 4.66. The molecule has 0 N–H and O–H groups in total. The highest BCUT2D eigenvalue weighted by molar-refractivity contribution is 5.81. The van der Waals surface area contributed by atoms with E-state index >= 15 is 0 Å². The van der Waals surface area contributed by atoms with Crippen LogP contribution < -0.4 is 0 Å². The molecule has 0 aromatic carbocycles. The summed E-state index contributed by atoms with van der Waals surface area (Å²) in [7, 11) is 0. The Kier molecular flexibility index (Phi) is 6.20. The van der Waals surface area contributed by atoms with Crippen molar-refractivity contribution in [2.24, 2.45) is 17.8 Å². The van der Waals surface area contributed by atoms with Gasteiger partial charge in [-0.05, 0) is 50.0 Å². The molecule has 0 unspecified atom stereocenters. The number of nitrogens with zero attached hydrogens (tertiary/aromatic N) is 2. The second-order valence-electron chi connectivity index (χ2n) is 8.40. The molecule has 0 aliphatic carbocycles. The third-order valence-electron chi connectivity index (χ3n) is 6.68. The molecule has 0 radical (unpaired) electrons. The van der Waals surface area contributed by atoms with Crippen molar-refractivity contribution in [1.29, 1.82) is 0 Å². The van der Waals surface area contributed by atoms with Crippen molar-refractivity contribution in [3.8, 4) is 0 Å². The van der Waals surface area contributed by atoms with Crippen molar-refractivity contribution in [3.05, 3.63) is 0 Å². The Labute approximate surface area is 147 Å². The molecule has 3 aliphatic heterocycles. The highest BCUT2D eigenvalue weighted by Gasteiger charge is 2.43. The van der Waals surface area contributed by atoms with Crippen molar-refractivity contribution >= 4 is 5.91 Å². The molecule has 3 fully saturated rings. The highest BCUT2D eigenvalue weighted by atomic mass is 16.5. The van der Waals surface area contributed by atoms with E-state index in [2.05, 4.69) is 30.6 Å². The van der Waals surface area contributed by atoms with Gasteiger partial charge in [0, 0.05) is 26.2 Å². The van der Waals surface area contributed by atoms with Crippen LogP contribution in [-0.2, 0) is 9.53 Å². The molecular formula is C20H36N2O2. The number of hydrogen-bond acceptors (Lipinski definition) is 3. The summed E-state index contributed by atoms with van der Waals surface area (Å²) in [6.07, 6.45) is 7.09. The highest BCUT2D eigenvalue weighted by Crippen LogP contribution is 2.35. The van der Waals surface area contributed by atoms with Crippen LogP contribution in [-0.4, -0.2) is 60.6 Å². The minimum Gasteiger partial charge on any atom is -0.364 e. The van der Waals surface area contributed by atoms with Crippen LogP contribution in [0.25, 0.3) is 0 Å². The van der Waals surface area contributed by atoms with Crippen LogP contribution >= 0.6 is 0 Å². The van der Waals surface area contributed by atoms with Gasteiger partial charge < -0.3 is 14.5 Å². The third kappa shape index (κ3) is 4.13. The molecule has 3 saturated heterocycles. The lowest BCUT2D eigenvalue weighted by molar-refractivity contribution is -0.145. The molecule has 24 heavy (non-hydrogen) atoms. The van der Waals surface area contributed by atoms with Gasteiger partial charge in [0.05, 0.1) is 6.10 Å². The summed E-state index contributed by atoms with van der Waals surface area (Å²) in [4.78, 5) is 17.4. The topological polar surface area (TPSA) is 32.8 Å². The number of fused-ring (bicyclic) bond motifs is 1. The zero-order valence-corrected chi connectivity index (χ0v) is 15.9. The fraction of sp³-hybridized carbons (Fsp3) is 0.950. The van der Waals surface area contributed by atoms with Crippen LogP contribution in [0.1, 0.15) is 59.3 Å². The van der Waals surface area contributed by atoms with Crippen molar-refractivity contribution < 1.29 is 9.53 Å². The molecule has 0 bridgehead atoms. The molecule has 3 heterocycles. The Bertz CT molecular complexity index is 416. The number of piperidine rings is 2. The number of carbonyl (C=O) groups excluding carboxylic acids is 1. The minimum atomic E-state index is -0.165. The summed E-state index contributed by atoms with van der Waals surface area (Å²) in [5, 5.41) is 0. The number of carbonyl (C=O) groups is 1. The van der Waals surface area contributed by atoms with E-state index in [0.29, 0.717) is 5.92 Å². The second kappa shape index (κ2) is 8.18. The van der Waals surface area contributed by atoms with E-state index in [1.54, 1.807) is 0 Å². The molecule has 3 rings (SSSR count). The Balaban J connectivity index is 1.50. The molecule has 0 aromatic rings. The fourth-order valence-electron chi connectivity index (χ4n) is 4.66. The second-order valence-corrected chi connectivity index (χ2v) is 8.40. The molecule has 0 spiro atoms. The molecular weight excluding hydrogens is 300 g/mol. The van der Waals surface area contributed by atoms with Crippen molar-refractivity contribution in [2.75, 3.05) is 32.7 Å². The van der Waals surface area contributed by atoms with Gasteiger partial charge in [-0.3, -0.25) is 4.79 Å². The Morgan fingerprint density at radius 3 is 2.50 bits per heavy atom. The predicted octanol–water partition coefficient (Wildman–Crippen LogP) is 3.16. The van der Waals surface area contributed by atoms with Gasteiger partial charge in [0.2, 0.25) is 0 Å². The first-order chi connectivity index (χ1) is 11.6. The molecule has 4 nitrogen and oxygen atoms in total. The van der Waals surface area contributed by atoms with Gasteiger partial charge in [0.25, 0.3) is 5.91 Å². The van der Waals surface area contributed by atoms with Crippen LogP contribution in [0, 0.1) is 17.8 Å². The van der Waals surface area contributed by atoms with Crippen LogP contribution in [0.2, 0.25) is 0 Å². The summed E-state index contributed by atoms with van der Waals surface area (Å²) < 4.78 is 6.25. The van der Waals surface area contributed by atoms with Gasteiger partial charge in [-0.2, -0.15) is 0 Å². The maximum Gasteiger partial charge on any atom is 0.251 e. The maximum atomic E-state index is 12.8. The van der Waals surface area contributed by atoms with Gasteiger partial charge in [0.15, 0.2) is 0 Å². The molecule has 1 amide bonds. The van der Waals surface area contributed by atoms with Crippen LogP contribution in [0.3, 0.4) is 0 Å². The summed E-state index contributed by atoms with van der Waals surface area (Å²) in [6, 6.07) is 0. The van der Waals surface area contributed by atoms with Gasteiger partial charge in [-0.25, -0.2) is 0 Å². The third-order valence-corrected chi connectivity index (χ3v) is 6.68. The Morgan fingerprint density at radius 1 is 1.12 bits per heavy atom. The lowest BCUT2D eigenvalue weighted by Gasteiger charge is -2.35.